The van der Waals surface area contributed by atoms with Crippen LogP contribution in [0.1, 0.15) is 43.5 Å². The number of carbonyl (C=O) groups excluding carboxylic acids is 2. The Morgan fingerprint density at radius 2 is 1.46 bits per heavy atom. The molecule has 1 fully saturated rings. The summed E-state index contributed by atoms with van der Waals surface area (Å²) in [6.07, 6.45) is 0.850. The second kappa shape index (κ2) is 10.1. The van der Waals surface area contributed by atoms with E-state index in [9.17, 15) is 19.8 Å². The number of hydrogen-bond donors (Lipinski definition) is 2. The summed E-state index contributed by atoms with van der Waals surface area (Å²) >= 11 is 0. The van der Waals surface area contributed by atoms with E-state index in [1.807, 2.05) is 43.3 Å². The van der Waals surface area contributed by atoms with Gasteiger partial charge in [0.05, 0.1) is 11.6 Å². The predicted molar refractivity (Wildman–Crippen MR) is 139 cm³/mol. The molecule has 3 aromatic rings. The molecule has 35 heavy (non-hydrogen) atoms. The van der Waals surface area contributed by atoms with Gasteiger partial charge in [-0.25, -0.2) is 0 Å². The van der Waals surface area contributed by atoms with Crippen molar-refractivity contribution < 1.29 is 19.8 Å². The van der Waals surface area contributed by atoms with Crippen molar-refractivity contribution in [1.29, 1.82) is 0 Å². The minimum Gasteiger partial charge on any atom is -0.508 e. The smallest absolute Gasteiger partial charge is 0.300 e. The van der Waals surface area contributed by atoms with Crippen molar-refractivity contribution in [2.24, 2.45) is 0 Å². The highest BCUT2D eigenvalue weighted by atomic mass is 16.3. The van der Waals surface area contributed by atoms with Crippen molar-refractivity contribution in [3.05, 3.63) is 95.1 Å². The Balaban J connectivity index is 1.85. The third kappa shape index (κ3) is 4.52. The van der Waals surface area contributed by atoms with Crippen molar-refractivity contribution in [3.63, 3.8) is 0 Å². The SMILES string of the molecule is CCc1ccc(/C(O)=C2\C(=O)C(=O)N(c3ccc(N(CC)CC)cc3)C2c2ccc(O)cc2)cc1. The van der Waals surface area contributed by atoms with Crippen LogP contribution in [0.4, 0.5) is 11.4 Å². The first-order valence-corrected chi connectivity index (χ1v) is 11.9. The number of Topliss-reactive ketones (excluding diaryl/α,β-unsaturated/α-hetero) is 1. The van der Waals surface area contributed by atoms with Gasteiger partial charge in [0.1, 0.15) is 11.5 Å². The second-order valence-corrected chi connectivity index (χ2v) is 8.50. The van der Waals surface area contributed by atoms with E-state index in [0.29, 0.717) is 16.8 Å². The van der Waals surface area contributed by atoms with Crippen LogP contribution in [0, 0.1) is 0 Å². The van der Waals surface area contributed by atoms with E-state index in [2.05, 4.69) is 18.7 Å². The maximum Gasteiger partial charge on any atom is 0.300 e. The van der Waals surface area contributed by atoms with Gasteiger partial charge in [0.25, 0.3) is 11.7 Å². The van der Waals surface area contributed by atoms with Gasteiger partial charge in [-0.3, -0.25) is 14.5 Å². The summed E-state index contributed by atoms with van der Waals surface area (Å²) in [5, 5.41) is 21.0. The van der Waals surface area contributed by atoms with Crippen LogP contribution in [-0.4, -0.2) is 35.0 Å². The van der Waals surface area contributed by atoms with Crippen molar-refractivity contribution >= 4 is 28.8 Å². The van der Waals surface area contributed by atoms with Gasteiger partial charge in [-0.05, 0) is 67.8 Å². The molecule has 1 aliphatic heterocycles. The summed E-state index contributed by atoms with van der Waals surface area (Å²) in [7, 11) is 0. The van der Waals surface area contributed by atoms with E-state index in [1.54, 1.807) is 24.3 Å². The van der Waals surface area contributed by atoms with E-state index >= 15 is 0 Å². The number of anilines is 2. The van der Waals surface area contributed by atoms with Gasteiger partial charge >= 0.3 is 0 Å². The van der Waals surface area contributed by atoms with Crippen LogP contribution in [0.15, 0.2) is 78.4 Å². The fraction of sp³-hybridized carbons (Fsp3) is 0.241. The normalized spacial score (nSPS) is 17.1. The fourth-order valence-electron chi connectivity index (χ4n) is 4.54. The van der Waals surface area contributed by atoms with Gasteiger partial charge in [0.2, 0.25) is 0 Å². The molecule has 1 unspecified atom stereocenters. The molecule has 3 aromatic carbocycles. The molecule has 0 saturated carbocycles. The third-order valence-corrected chi connectivity index (χ3v) is 6.55. The number of aryl methyl sites for hydroxylation is 1. The zero-order valence-corrected chi connectivity index (χ0v) is 20.2. The zero-order valence-electron chi connectivity index (χ0n) is 20.2. The number of amides is 1. The first kappa shape index (κ1) is 24.1. The van der Waals surface area contributed by atoms with Crippen molar-refractivity contribution in [1.82, 2.24) is 0 Å². The van der Waals surface area contributed by atoms with Crippen LogP contribution in [0.25, 0.3) is 5.76 Å². The van der Waals surface area contributed by atoms with Crippen LogP contribution in [0.2, 0.25) is 0 Å². The number of aliphatic hydroxyl groups excluding tert-OH is 1. The molecule has 6 nitrogen and oxygen atoms in total. The molecule has 1 atom stereocenters. The summed E-state index contributed by atoms with van der Waals surface area (Å²) in [5.41, 5.74) is 3.79. The Morgan fingerprint density at radius 1 is 0.857 bits per heavy atom. The number of carbonyl (C=O) groups is 2. The number of nitrogens with zero attached hydrogens (tertiary/aromatic N) is 2. The number of ketones is 1. The maximum absolute atomic E-state index is 13.3. The lowest BCUT2D eigenvalue weighted by Crippen LogP contribution is -2.29. The molecule has 0 aromatic heterocycles. The lowest BCUT2D eigenvalue weighted by Gasteiger charge is -2.27. The molecule has 2 N–H and O–H groups in total. The summed E-state index contributed by atoms with van der Waals surface area (Å²) in [5.74, 6) is -1.59. The molecule has 1 amide bonds. The molecule has 0 bridgehead atoms. The van der Waals surface area contributed by atoms with Gasteiger partial charge in [0.15, 0.2) is 0 Å². The third-order valence-electron chi connectivity index (χ3n) is 6.55. The molecule has 180 valence electrons. The van der Waals surface area contributed by atoms with Crippen molar-refractivity contribution in [2.45, 2.75) is 33.2 Å². The van der Waals surface area contributed by atoms with Crippen LogP contribution in [0.3, 0.4) is 0 Å². The zero-order chi connectivity index (χ0) is 25.1. The van der Waals surface area contributed by atoms with Gasteiger partial charge in [-0.2, -0.15) is 0 Å². The number of aliphatic hydroxyl groups is 1. The maximum atomic E-state index is 13.3. The van der Waals surface area contributed by atoms with E-state index in [1.165, 1.54) is 17.0 Å². The number of hydrogen-bond acceptors (Lipinski definition) is 5. The Morgan fingerprint density at radius 3 is 2.00 bits per heavy atom. The van der Waals surface area contributed by atoms with E-state index in [4.69, 9.17) is 0 Å². The first-order chi connectivity index (χ1) is 16.9. The highest BCUT2D eigenvalue weighted by Gasteiger charge is 2.47. The molecule has 0 aliphatic carbocycles. The molecule has 0 spiro atoms. The molecule has 6 heteroatoms. The van der Waals surface area contributed by atoms with Crippen LogP contribution >= 0.6 is 0 Å². The average Bonchev–Trinajstić information content (AvgIpc) is 3.15. The minimum atomic E-state index is -0.833. The Bertz CT molecular complexity index is 1240. The Labute approximate surface area is 205 Å². The lowest BCUT2D eigenvalue weighted by molar-refractivity contribution is -0.132. The number of phenols is 1. The summed E-state index contributed by atoms with van der Waals surface area (Å²) in [4.78, 5) is 30.2. The first-order valence-electron chi connectivity index (χ1n) is 11.9. The second-order valence-electron chi connectivity index (χ2n) is 8.50. The molecular weight excluding hydrogens is 440 g/mol. The van der Waals surface area contributed by atoms with Crippen LogP contribution in [0.5, 0.6) is 5.75 Å². The molecule has 4 rings (SSSR count). The summed E-state index contributed by atoms with van der Waals surface area (Å²) in [6, 6.07) is 20.3. The highest BCUT2D eigenvalue weighted by Crippen LogP contribution is 2.42. The lowest BCUT2D eigenvalue weighted by atomic mass is 9.94. The number of aromatic hydroxyl groups is 1. The minimum absolute atomic E-state index is 0.0257. The van der Waals surface area contributed by atoms with Gasteiger partial charge in [0, 0.05) is 30.0 Å². The molecule has 1 heterocycles. The van der Waals surface area contributed by atoms with E-state index < -0.39 is 17.7 Å². The molecule has 0 radical (unpaired) electrons. The number of rotatable bonds is 7. The number of phenolic OH excluding ortho intramolecular Hbond substituents is 1. The number of benzene rings is 3. The van der Waals surface area contributed by atoms with Crippen LogP contribution < -0.4 is 9.80 Å². The highest BCUT2D eigenvalue weighted by molar-refractivity contribution is 6.51. The fourth-order valence-corrected chi connectivity index (χ4v) is 4.54. The molecule has 1 saturated heterocycles. The standard InChI is InChI=1S/C29H30N2O4/c1-4-19-7-9-21(10-8-19)27(33)25-26(20-11-17-24(32)18-12-20)31(29(35)28(25)34)23-15-13-22(14-16-23)30(5-2)6-3/h7-18,26,32-33H,4-6H2,1-3H3/b27-25+. The Kier molecular flexibility index (Phi) is 6.92. The monoisotopic (exact) mass is 470 g/mol. The molecule has 1 aliphatic rings. The van der Waals surface area contributed by atoms with Crippen molar-refractivity contribution in [2.75, 3.05) is 22.9 Å². The van der Waals surface area contributed by atoms with E-state index in [0.717, 1.165) is 30.8 Å². The quantitative estimate of drug-likeness (QED) is 0.274. The van der Waals surface area contributed by atoms with Crippen molar-refractivity contribution in [3.8, 4) is 5.75 Å². The topological polar surface area (TPSA) is 81.1 Å². The summed E-state index contributed by atoms with van der Waals surface area (Å²) in [6.45, 7) is 7.90. The predicted octanol–water partition coefficient (Wildman–Crippen LogP) is 5.43. The Hall–Kier alpha value is -4.06. The summed E-state index contributed by atoms with van der Waals surface area (Å²) < 4.78 is 0. The van der Waals surface area contributed by atoms with Gasteiger partial charge in [-0.1, -0.05) is 43.3 Å². The molecular formula is C29H30N2O4. The largest absolute Gasteiger partial charge is 0.508 e. The van der Waals surface area contributed by atoms with Gasteiger partial charge in [-0.15, -0.1) is 0 Å². The van der Waals surface area contributed by atoms with Crippen LogP contribution in [-0.2, 0) is 16.0 Å². The average molecular weight is 471 g/mol. The van der Waals surface area contributed by atoms with Gasteiger partial charge < -0.3 is 15.1 Å². The van der Waals surface area contributed by atoms with E-state index in [-0.39, 0.29) is 17.1 Å².